The van der Waals surface area contributed by atoms with Crippen LogP contribution in [0.5, 0.6) is 0 Å². The topological polar surface area (TPSA) is 67.4 Å². The lowest BCUT2D eigenvalue weighted by molar-refractivity contribution is 0.0633. The molecule has 0 spiro atoms. The molecule has 136 valence electrons. The number of piperazine rings is 1. The minimum absolute atomic E-state index is 0.0678. The second kappa shape index (κ2) is 7.43. The summed E-state index contributed by atoms with van der Waals surface area (Å²) in [6, 6.07) is 4.27. The second-order valence-electron chi connectivity index (χ2n) is 6.40. The van der Waals surface area contributed by atoms with Crippen LogP contribution in [0.3, 0.4) is 0 Å². The standard InChI is InChI=1S/C18H21N5O2S/c1-21-12-14(11-19-21)17-20-16(13-25-17)18(24)23-8-6-22(7-9-23)5-4-15-3-2-10-26-15/h2-3,10-13H,4-9H2,1H3. The third kappa shape index (κ3) is 3.71. The van der Waals surface area contributed by atoms with Crippen molar-refractivity contribution in [1.82, 2.24) is 24.6 Å². The first-order valence-electron chi connectivity index (χ1n) is 8.67. The van der Waals surface area contributed by atoms with Gasteiger partial charge in [-0.25, -0.2) is 4.98 Å². The Balaban J connectivity index is 1.31. The van der Waals surface area contributed by atoms with E-state index in [1.165, 1.54) is 11.1 Å². The number of hydrogen-bond donors (Lipinski definition) is 0. The zero-order valence-corrected chi connectivity index (χ0v) is 15.5. The van der Waals surface area contributed by atoms with Crippen LogP contribution in [-0.2, 0) is 13.5 Å². The van der Waals surface area contributed by atoms with Crippen molar-refractivity contribution >= 4 is 17.2 Å². The predicted molar refractivity (Wildman–Crippen MR) is 99.1 cm³/mol. The van der Waals surface area contributed by atoms with Gasteiger partial charge in [-0.15, -0.1) is 11.3 Å². The van der Waals surface area contributed by atoms with E-state index in [1.54, 1.807) is 22.2 Å². The summed E-state index contributed by atoms with van der Waals surface area (Å²) in [5.74, 6) is 0.359. The monoisotopic (exact) mass is 371 g/mol. The molecule has 1 amide bonds. The Bertz CT molecular complexity index is 862. The average molecular weight is 371 g/mol. The molecule has 4 rings (SSSR count). The van der Waals surface area contributed by atoms with Gasteiger partial charge >= 0.3 is 0 Å². The maximum absolute atomic E-state index is 12.7. The highest BCUT2D eigenvalue weighted by atomic mass is 32.1. The Labute approximate surface area is 155 Å². The number of oxazole rings is 1. The minimum Gasteiger partial charge on any atom is -0.444 e. The number of amides is 1. The van der Waals surface area contributed by atoms with Crippen LogP contribution in [0.25, 0.3) is 11.5 Å². The third-order valence-electron chi connectivity index (χ3n) is 4.59. The lowest BCUT2D eigenvalue weighted by Crippen LogP contribution is -2.49. The van der Waals surface area contributed by atoms with Gasteiger partial charge in [-0.2, -0.15) is 5.10 Å². The molecule has 7 nitrogen and oxygen atoms in total. The van der Waals surface area contributed by atoms with Crippen molar-refractivity contribution in [3.05, 3.63) is 46.7 Å². The van der Waals surface area contributed by atoms with Crippen molar-refractivity contribution in [2.75, 3.05) is 32.7 Å². The molecular weight excluding hydrogens is 350 g/mol. The van der Waals surface area contributed by atoms with E-state index in [4.69, 9.17) is 4.42 Å². The van der Waals surface area contributed by atoms with E-state index in [0.717, 1.165) is 44.7 Å². The van der Waals surface area contributed by atoms with Gasteiger partial charge in [0, 0.05) is 50.8 Å². The van der Waals surface area contributed by atoms with Gasteiger partial charge in [0.15, 0.2) is 5.69 Å². The molecule has 0 N–H and O–H groups in total. The number of thiophene rings is 1. The van der Waals surface area contributed by atoms with Crippen LogP contribution < -0.4 is 0 Å². The SMILES string of the molecule is Cn1cc(-c2nc(C(=O)N3CCN(CCc4cccs4)CC3)co2)cn1. The second-order valence-corrected chi connectivity index (χ2v) is 7.44. The number of rotatable bonds is 5. The van der Waals surface area contributed by atoms with E-state index in [9.17, 15) is 4.79 Å². The normalized spacial score (nSPS) is 15.5. The summed E-state index contributed by atoms with van der Waals surface area (Å²) in [6.07, 6.45) is 6.00. The number of nitrogens with zero attached hydrogens (tertiary/aromatic N) is 5. The molecule has 0 atom stereocenters. The van der Waals surface area contributed by atoms with Crippen molar-refractivity contribution < 1.29 is 9.21 Å². The van der Waals surface area contributed by atoms with Gasteiger partial charge in [-0.1, -0.05) is 6.07 Å². The average Bonchev–Trinajstić information content (AvgIpc) is 3.41. The van der Waals surface area contributed by atoms with Gasteiger partial charge in [0.1, 0.15) is 6.26 Å². The highest BCUT2D eigenvalue weighted by Gasteiger charge is 2.24. The maximum Gasteiger partial charge on any atom is 0.275 e. The van der Waals surface area contributed by atoms with E-state index in [1.807, 2.05) is 18.1 Å². The van der Waals surface area contributed by atoms with Gasteiger partial charge in [0.05, 0.1) is 11.8 Å². The van der Waals surface area contributed by atoms with Gasteiger partial charge in [0.2, 0.25) is 5.89 Å². The summed E-state index contributed by atoms with van der Waals surface area (Å²) in [5, 5.41) is 6.21. The predicted octanol–water partition coefficient (Wildman–Crippen LogP) is 2.14. The van der Waals surface area contributed by atoms with Crippen LogP contribution >= 0.6 is 11.3 Å². The molecule has 3 aromatic rings. The molecule has 26 heavy (non-hydrogen) atoms. The van der Waals surface area contributed by atoms with E-state index >= 15 is 0 Å². The fraction of sp³-hybridized carbons (Fsp3) is 0.389. The van der Waals surface area contributed by atoms with Crippen LogP contribution in [0, 0.1) is 0 Å². The van der Waals surface area contributed by atoms with E-state index in [0.29, 0.717) is 11.6 Å². The Morgan fingerprint density at radius 3 is 2.85 bits per heavy atom. The van der Waals surface area contributed by atoms with Crippen molar-refractivity contribution in [2.45, 2.75) is 6.42 Å². The van der Waals surface area contributed by atoms with E-state index in [-0.39, 0.29) is 5.91 Å². The van der Waals surface area contributed by atoms with Crippen LogP contribution in [0.2, 0.25) is 0 Å². The maximum atomic E-state index is 12.7. The number of hydrogen-bond acceptors (Lipinski definition) is 6. The molecule has 0 saturated carbocycles. The number of aryl methyl sites for hydroxylation is 1. The van der Waals surface area contributed by atoms with Gasteiger partial charge < -0.3 is 9.32 Å². The molecule has 3 aromatic heterocycles. The Morgan fingerprint density at radius 1 is 1.31 bits per heavy atom. The molecule has 4 heterocycles. The van der Waals surface area contributed by atoms with Crippen LogP contribution in [0.4, 0.5) is 0 Å². The van der Waals surface area contributed by atoms with Crippen molar-refractivity contribution in [2.24, 2.45) is 7.05 Å². The molecule has 1 aliphatic heterocycles. The van der Waals surface area contributed by atoms with Crippen LogP contribution in [0.15, 0.2) is 40.6 Å². The molecule has 0 unspecified atom stereocenters. The molecule has 0 radical (unpaired) electrons. The molecule has 1 aliphatic rings. The zero-order chi connectivity index (χ0) is 17.9. The van der Waals surface area contributed by atoms with Gasteiger partial charge in [-0.05, 0) is 17.9 Å². The summed E-state index contributed by atoms with van der Waals surface area (Å²) < 4.78 is 7.13. The largest absolute Gasteiger partial charge is 0.444 e. The van der Waals surface area contributed by atoms with Crippen molar-refractivity contribution in [3.8, 4) is 11.5 Å². The number of aromatic nitrogens is 3. The Kier molecular flexibility index (Phi) is 4.85. The lowest BCUT2D eigenvalue weighted by Gasteiger charge is -2.34. The van der Waals surface area contributed by atoms with Crippen LogP contribution in [0.1, 0.15) is 15.4 Å². The summed E-state index contributed by atoms with van der Waals surface area (Å²) in [4.78, 5) is 22.7. The van der Waals surface area contributed by atoms with Crippen molar-refractivity contribution in [1.29, 1.82) is 0 Å². The van der Waals surface area contributed by atoms with Crippen LogP contribution in [-0.4, -0.2) is 63.2 Å². The summed E-state index contributed by atoms with van der Waals surface area (Å²) >= 11 is 1.80. The molecule has 0 bridgehead atoms. The Hall–Kier alpha value is -2.45. The molecule has 1 saturated heterocycles. The molecule has 0 aromatic carbocycles. The summed E-state index contributed by atoms with van der Waals surface area (Å²) in [5.41, 5.74) is 1.13. The summed E-state index contributed by atoms with van der Waals surface area (Å²) in [7, 11) is 1.83. The molecule has 8 heteroatoms. The fourth-order valence-electron chi connectivity index (χ4n) is 3.10. The fourth-order valence-corrected chi connectivity index (χ4v) is 3.79. The Morgan fingerprint density at radius 2 is 2.15 bits per heavy atom. The number of carbonyl (C=O) groups is 1. The first-order valence-corrected chi connectivity index (χ1v) is 9.55. The first kappa shape index (κ1) is 17.0. The highest BCUT2D eigenvalue weighted by Crippen LogP contribution is 2.19. The van der Waals surface area contributed by atoms with Gasteiger partial charge in [0.25, 0.3) is 5.91 Å². The van der Waals surface area contributed by atoms with E-state index in [2.05, 4.69) is 32.5 Å². The molecule has 1 fully saturated rings. The lowest BCUT2D eigenvalue weighted by atomic mass is 10.2. The molecule has 0 aliphatic carbocycles. The minimum atomic E-state index is -0.0678. The first-order chi connectivity index (χ1) is 12.7. The zero-order valence-electron chi connectivity index (χ0n) is 14.7. The van der Waals surface area contributed by atoms with Crippen molar-refractivity contribution in [3.63, 3.8) is 0 Å². The highest BCUT2D eigenvalue weighted by molar-refractivity contribution is 7.09. The third-order valence-corrected chi connectivity index (χ3v) is 5.53. The summed E-state index contributed by atoms with van der Waals surface area (Å²) in [6.45, 7) is 4.27. The van der Waals surface area contributed by atoms with Gasteiger partial charge in [-0.3, -0.25) is 14.4 Å². The van der Waals surface area contributed by atoms with E-state index < -0.39 is 0 Å². The number of carbonyl (C=O) groups excluding carboxylic acids is 1. The quantitative estimate of drug-likeness (QED) is 0.687. The molecular formula is C18H21N5O2S. The smallest absolute Gasteiger partial charge is 0.275 e.